The van der Waals surface area contributed by atoms with Gasteiger partial charge < -0.3 is 9.47 Å². The molecule has 8 heteroatoms. The van der Waals surface area contributed by atoms with E-state index in [1.54, 1.807) is 18.2 Å². The van der Waals surface area contributed by atoms with Crippen LogP contribution in [0.25, 0.3) is 6.08 Å². The van der Waals surface area contributed by atoms with Crippen LogP contribution in [0.2, 0.25) is 0 Å². The molecule has 2 aromatic carbocycles. The maximum absolute atomic E-state index is 12.5. The van der Waals surface area contributed by atoms with Crippen LogP contribution in [0.3, 0.4) is 0 Å². The van der Waals surface area contributed by atoms with Crippen LogP contribution in [-0.2, 0) is 20.9 Å². The van der Waals surface area contributed by atoms with Gasteiger partial charge in [0, 0.05) is 10.0 Å². The summed E-state index contributed by atoms with van der Waals surface area (Å²) in [6.45, 7) is -0.0402. The zero-order valence-electron chi connectivity index (χ0n) is 14.9. The van der Waals surface area contributed by atoms with Gasteiger partial charge in [0.2, 0.25) is 0 Å². The number of methoxy groups -OCH3 is 1. The molecule has 2 amide bonds. The predicted molar refractivity (Wildman–Crippen MR) is 110 cm³/mol. The summed E-state index contributed by atoms with van der Waals surface area (Å²) in [6.07, 6.45) is 1.59. The van der Waals surface area contributed by atoms with E-state index in [0.29, 0.717) is 17.9 Å². The molecule has 0 spiro atoms. The third kappa shape index (κ3) is 4.82. The molecule has 6 nitrogen and oxygen atoms in total. The van der Waals surface area contributed by atoms with Crippen LogP contribution < -0.4 is 4.74 Å². The molecule has 3 rings (SSSR count). The minimum atomic E-state index is -0.655. The quantitative estimate of drug-likeness (QED) is 0.473. The Labute approximate surface area is 174 Å². The summed E-state index contributed by atoms with van der Waals surface area (Å²) in [5, 5.41) is -0.511. The van der Waals surface area contributed by atoms with Crippen LogP contribution >= 0.6 is 27.7 Å². The fraction of sp³-hybridized carbons (Fsp3) is 0.150. The summed E-state index contributed by atoms with van der Waals surface area (Å²) >= 11 is 4.19. The highest BCUT2D eigenvalue weighted by Crippen LogP contribution is 2.35. The molecule has 1 fully saturated rings. The zero-order valence-corrected chi connectivity index (χ0v) is 17.3. The maximum atomic E-state index is 12.5. The monoisotopic (exact) mass is 461 g/mol. The molecule has 1 aliphatic rings. The van der Waals surface area contributed by atoms with Crippen molar-refractivity contribution in [3.8, 4) is 5.75 Å². The molecule has 1 heterocycles. The van der Waals surface area contributed by atoms with Crippen molar-refractivity contribution in [3.05, 3.63) is 69.0 Å². The largest absolute Gasteiger partial charge is 0.488 e. The van der Waals surface area contributed by atoms with Crippen molar-refractivity contribution in [1.29, 1.82) is 0 Å². The number of benzene rings is 2. The normalized spacial score (nSPS) is 15.2. The lowest BCUT2D eigenvalue weighted by atomic mass is 10.1. The highest BCUT2D eigenvalue weighted by atomic mass is 79.9. The van der Waals surface area contributed by atoms with Crippen molar-refractivity contribution in [2.45, 2.75) is 6.61 Å². The lowest BCUT2D eigenvalue weighted by Gasteiger charge is -2.11. The summed E-state index contributed by atoms with van der Waals surface area (Å²) in [7, 11) is 1.20. The van der Waals surface area contributed by atoms with Crippen molar-refractivity contribution >= 4 is 50.9 Å². The molecule has 0 aromatic heterocycles. The van der Waals surface area contributed by atoms with E-state index in [2.05, 4.69) is 20.7 Å². The first-order valence-corrected chi connectivity index (χ1v) is 9.87. The summed E-state index contributed by atoms with van der Waals surface area (Å²) in [5.41, 5.74) is 1.66. The average molecular weight is 462 g/mol. The molecule has 1 aliphatic heterocycles. The number of hydrogen-bond acceptors (Lipinski definition) is 6. The van der Waals surface area contributed by atoms with Gasteiger partial charge in [-0.3, -0.25) is 19.3 Å². The van der Waals surface area contributed by atoms with Gasteiger partial charge in [0.05, 0.1) is 12.0 Å². The number of nitrogens with zero attached hydrogens (tertiary/aromatic N) is 1. The van der Waals surface area contributed by atoms with Crippen molar-refractivity contribution in [1.82, 2.24) is 4.90 Å². The number of esters is 1. The van der Waals surface area contributed by atoms with Crippen LogP contribution in [0, 0.1) is 0 Å². The minimum Gasteiger partial charge on any atom is -0.488 e. The molecule has 0 N–H and O–H groups in total. The molecule has 0 bridgehead atoms. The Hall–Kier alpha value is -2.58. The molecular weight excluding hydrogens is 446 g/mol. The number of carbonyl (C=O) groups excluding carboxylic acids is 3. The van der Waals surface area contributed by atoms with Gasteiger partial charge in [-0.1, -0.05) is 46.3 Å². The number of halogens is 1. The van der Waals surface area contributed by atoms with Gasteiger partial charge in [-0.05, 0) is 41.6 Å². The summed E-state index contributed by atoms with van der Waals surface area (Å²) in [5.74, 6) is -0.612. The van der Waals surface area contributed by atoms with E-state index in [-0.39, 0.29) is 4.91 Å². The number of rotatable bonds is 6. The Bertz CT molecular complexity index is 945. The van der Waals surface area contributed by atoms with Crippen LogP contribution in [0.4, 0.5) is 4.79 Å². The fourth-order valence-corrected chi connectivity index (χ4v) is 3.68. The minimum absolute atomic E-state index is 0.219. The van der Waals surface area contributed by atoms with Gasteiger partial charge in [-0.2, -0.15) is 0 Å². The standard InChI is InChI=1S/C20H16BrNO5S/c1-26-18(23)11-22-19(24)17(28-20(22)25)10-14-9-15(21)7-8-16(14)27-12-13-5-3-2-4-6-13/h2-10H,11-12H2,1H3/b17-10-. The van der Waals surface area contributed by atoms with Gasteiger partial charge >= 0.3 is 5.97 Å². The Kier molecular flexibility index (Phi) is 6.53. The molecule has 28 heavy (non-hydrogen) atoms. The predicted octanol–water partition coefficient (Wildman–Crippen LogP) is 4.24. The van der Waals surface area contributed by atoms with Crippen LogP contribution in [0.5, 0.6) is 5.75 Å². The van der Waals surface area contributed by atoms with E-state index in [4.69, 9.17) is 4.74 Å². The van der Waals surface area contributed by atoms with Gasteiger partial charge in [-0.25, -0.2) is 0 Å². The Morgan fingerprint density at radius 2 is 1.93 bits per heavy atom. The number of carbonyl (C=O) groups is 3. The number of imide groups is 1. The van der Waals surface area contributed by atoms with Gasteiger partial charge in [0.15, 0.2) is 0 Å². The third-order valence-corrected chi connectivity index (χ3v) is 5.28. The van der Waals surface area contributed by atoms with Gasteiger partial charge in [0.25, 0.3) is 11.1 Å². The molecule has 0 atom stereocenters. The summed E-state index contributed by atoms with van der Waals surface area (Å²) in [4.78, 5) is 37.1. The van der Waals surface area contributed by atoms with Crippen LogP contribution in [0.1, 0.15) is 11.1 Å². The Morgan fingerprint density at radius 3 is 2.64 bits per heavy atom. The number of ether oxygens (including phenoxy) is 2. The molecule has 0 saturated carbocycles. The molecular formula is C20H16BrNO5S. The first-order chi connectivity index (χ1) is 13.5. The van der Waals surface area contributed by atoms with Crippen LogP contribution in [-0.4, -0.2) is 35.7 Å². The van der Waals surface area contributed by atoms with E-state index >= 15 is 0 Å². The summed E-state index contributed by atoms with van der Waals surface area (Å²) in [6, 6.07) is 15.1. The maximum Gasteiger partial charge on any atom is 0.325 e. The van der Waals surface area contributed by atoms with E-state index in [9.17, 15) is 14.4 Å². The molecule has 0 unspecified atom stereocenters. The first kappa shape index (κ1) is 20.2. The number of amides is 2. The Morgan fingerprint density at radius 1 is 1.18 bits per heavy atom. The highest BCUT2D eigenvalue weighted by Gasteiger charge is 2.36. The van der Waals surface area contributed by atoms with E-state index < -0.39 is 23.7 Å². The van der Waals surface area contributed by atoms with Gasteiger partial charge in [-0.15, -0.1) is 0 Å². The number of thioether (sulfide) groups is 1. The topological polar surface area (TPSA) is 72.9 Å². The summed E-state index contributed by atoms with van der Waals surface area (Å²) < 4.78 is 11.2. The SMILES string of the molecule is COC(=O)CN1C(=O)S/C(=C\c2cc(Br)ccc2OCc2ccccc2)C1=O. The highest BCUT2D eigenvalue weighted by molar-refractivity contribution is 9.10. The average Bonchev–Trinajstić information content (AvgIpc) is 2.95. The van der Waals surface area contributed by atoms with Crippen molar-refractivity contribution in [3.63, 3.8) is 0 Å². The first-order valence-electron chi connectivity index (χ1n) is 8.26. The van der Waals surface area contributed by atoms with Gasteiger partial charge in [0.1, 0.15) is 18.9 Å². The molecule has 1 saturated heterocycles. The van der Waals surface area contributed by atoms with Crippen LogP contribution in [0.15, 0.2) is 57.9 Å². The zero-order chi connectivity index (χ0) is 20.1. The second kappa shape index (κ2) is 9.07. The lowest BCUT2D eigenvalue weighted by molar-refractivity contribution is -0.143. The fourth-order valence-electron chi connectivity index (χ4n) is 2.47. The van der Waals surface area contributed by atoms with Crippen molar-refractivity contribution in [2.75, 3.05) is 13.7 Å². The number of hydrogen-bond donors (Lipinski definition) is 0. The molecule has 0 radical (unpaired) electrons. The van der Waals surface area contributed by atoms with E-state index in [1.165, 1.54) is 7.11 Å². The molecule has 0 aliphatic carbocycles. The smallest absolute Gasteiger partial charge is 0.325 e. The second-order valence-electron chi connectivity index (χ2n) is 5.80. The second-order valence-corrected chi connectivity index (χ2v) is 7.71. The molecule has 144 valence electrons. The van der Waals surface area contributed by atoms with E-state index in [0.717, 1.165) is 26.7 Å². The van der Waals surface area contributed by atoms with E-state index in [1.807, 2.05) is 36.4 Å². The Balaban J connectivity index is 1.83. The third-order valence-electron chi connectivity index (χ3n) is 3.88. The van der Waals surface area contributed by atoms with Crippen molar-refractivity contribution < 1.29 is 23.9 Å². The molecule has 2 aromatic rings. The van der Waals surface area contributed by atoms with Crippen molar-refractivity contribution in [2.24, 2.45) is 0 Å². The lowest BCUT2D eigenvalue weighted by Crippen LogP contribution is -2.34.